The van der Waals surface area contributed by atoms with Crippen LogP contribution in [-0.2, 0) is 14.3 Å². The van der Waals surface area contributed by atoms with Crippen LogP contribution in [0.2, 0.25) is 0 Å². The van der Waals surface area contributed by atoms with Crippen molar-refractivity contribution < 1.29 is 19.4 Å². The SMILES string of the molecule is CCOC(=O)CCN(CCCCC(=O)O)C1CC1. The number of carbonyl (C=O) groups is 2. The molecule has 0 bridgehead atoms. The highest BCUT2D eigenvalue weighted by Crippen LogP contribution is 2.27. The average Bonchev–Trinajstić information content (AvgIpc) is 3.12. The quantitative estimate of drug-likeness (QED) is 0.476. The molecule has 5 nitrogen and oxygen atoms in total. The summed E-state index contributed by atoms with van der Waals surface area (Å²) < 4.78 is 4.91. The van der Waals surface area contributed by atoms with Crippen LogP contribution in [0.3, 0.4) is 0 Å². The molecule has 0 aromatic heterocycles. The molecule has 0 aromatic carbocycles. The number of esters is 1. The monoisotopic (exact) mass is 257 g/mol. The smallest absolute Gasteiger partial charge is 0.307 e. The number of nitrogens with zero attached hydrogens (tertiary/aromatic N) is 1. The van der Waals surface area contributed by atoms with Gasteiger partial charge in [-0.3, -0.25) is 14.5 Å². The van der Waals surface area contributed by atoms with Crippen molar-refractivity contribution in [1.29, 1.82) is 0 Å². The number of hydrogen-bond acceptors (Lipinski definition) is 4. The molecule has 1 rings (SSSR count). The van der Waals surface area contributed by atoms with Gasteiger partial charge >= 0.3 is 11.9 Å². The van der Waals surface area contributed by atoms with Gasteiger partial charge in [-0.2, -0.15) is 0 Å². The molecule has 0 unspecified atom stereocenters. The Morgan fingerprint density at radius 1 is 1.22 bits per heavy atom. The van der Waals surface area contributed by atoms with Crippen LogP contribution in [0.25, 0.3) is 0 Å². The van der Waals surface area contributed by atoms with Gasteiger partial charge in [-0.15, -0.1) is 0 Å². The first-order valence-electron chi connectivity index (χ1n) is 6.75. The van der Waals surface area contributed by atoms with Crippen molar-refractivity contribution in [2.24, 2.45) is 0 Å². The highest BCUT2D eigenvalue weighted by Gasteiger charge is 2.28. The van der Waals surface area contributed by atoms with E-state index in [1.807, 2.05) is 6.92 Å². The van der Waals surface area contributed by atoms with Crippen LogP contribution in [0.15, 0.2) is 0 Å². The molecule has 1 fully saturated rings. The average molecular weight is 257 g/mol. The summed E-state index contributed by atoms with van der Waals surface area (Å²) in [5, 5.41) is 8.56. The number of rotatable bonds is 10. The number of carboxylic acid groups (broad SMARTS) is 1. The number of ether oxygens (including phenoxy) is 1. The number of hydrogen-bond donors (Lipinski definition) is 1. The standard InChI is InChI=1S/C13H23NO4/c1-2-18-13(17)8-10-14(11-6-7-11)9-4-3-5-12(15)16/h11H,2-10H2,1H3,(H,15,16). The lowest BCUT2D eigenvalue weighted by atomic mass is 10.2. The third-order valence-electron chi connectivity index (χ3n) is 3.06. The van der Waals surface area contributed by atoms with E-state index in [1.54, 1.807) is 0 Å². The second-order valence-electron chi connectivity index (χ2n) is 4.67. The van der Waals surface area contributed by atoms with Crippen molar-refractivity contribution in [3.8, 4) is 0 Å². The lowest BCUT2D eigenvalue weighted by molar-refractivity contribution is -0.143. The summed E-state index contributed by atoms with van der Waals surface area (Å²) in [6.07, 6.45) is 4.65. The number of carbonyl (C=O) groups excluding carboxylic acids is 1. The molecule has 0 saturated heterocycles. The van der Waals surface area contributed by atoms with Crippen molar-refractivity contribution in [3.05, 3.63) is 0 Å². The molecule has 0 heterocycles. The Hall–Kier alpha value is -1.10. The molecule has 0 aliphatic heterocycles. The van der Waals surface area contributed by atoms with Crippen LogP contribution in [0.5, 0.6) is 0 Å². The molecule has 0 radical (unpaired) electrons. The van der Waals surface area contributed by atoms with Crippen LogP contribution in [0.4, 0.5) is 0 Å². The minimum Gasteiger partial charge on any atom is -0.481 e. The maximum Gasteiger partial charge on any atom is 0.307 e. The third kappa shape index (κ3) is 6.59. The summed E-state index contributed by atoms with van der Waals surface area (Å²) in [4.78, 5) is 24.0. The van der Waals surface area contributed by atoms with Gasteiger partial charge in [0.2, 0.25) is 0 Å². The Balaban J connectivity index is 2.15. The molecule has 5 heteroatoms. The van der Waals surface area contributed by atoms with Crippen LogP contribution in [0, 0.1) is 0 Å². The number of carboxylic acids is 1. The van der Waals surface area contributed by atoms with Crippen molar-refractivity contribution in [2.75, 3.05) is 19.7 Å². The second kappa shape index (κ2) is 8.08. The first-order valence-corrected chi connectivity index (χ1v) is 6.75. The summed E-state index contributed by atoms with van der Waals surface area (Å²) in [5.74, 6) is -0.881. The van der Waals surface area contributed by atoms with E-state index in [9.17, 15) is 9.59 Å². The lowest BCUT2D eigenvalue weighted by Crippen LogP contribution is -2.30. The van der Waals surface area contributed by atoms with E-state index in [1.165, 1.54) is 12.8 Å². The minimum atomic E-state index is -0.737. The van der Waals surface area contributed by atoms with Gasteiger partial charge in [0.25, 0.3) is 0 Å². The number of aliphatic carboxylic acids is 1. The zero-order valence-corrected chi connectivity index (χ0v) is 11.1. The predicted octanol–water partition coefficient (Wildman–Crippen LogP) is 1.66. The zero-order valence-electron chi connectivity index (χ0n) is 11.1. The van der Waals surface area contributed by atoms with Gasteiger partial charge in [0.1, 0.15) is 0 Å². The molecule has 18 heavy (non-hydrogen) atoms. The molecule has 0 spiro atoms. The largest absolute Gasteiger partial charge is 0.481 e. The maximum absolute atomic E-state index is 11.3. The molecule has 1 N–H and O–H groups in total. The van der Waals surface area contributed by atoms with Crippen molar-refractivity contribution in [1.82, 2.24) is 4.90 Å². The van der Waals surface area contributed by atoms with Crippen LogP contribution in [-0.4, -0.2) is 47.7 Å². The first kappa shape index (κ1) is 15.0. The second-order valence-corrected chi connectivity index (χ2v) is 4.67. The van der Waals surface area contributed by atoms with E-state index >= 15 is 0 Å². The highest BCUT2D eigenvalue weighted by molar-refractivity contribution is 5.69. The number of unbranched alkanes of at least 4 members (excludes halogenated alkanes) is 1. The fourth-order valence-electron chi connectivity index (χ4n) is 1.98. The summed E-state index contributed by atoms with van der Waals surface area (Å²) in [6, 6.07) is 0.601. The van der Waals surface area contributed by atoms with Gasteiger partial charge in [0.05, 0.1) is 13.0 Å². The molecular formula is C13H23NO4. The van der Waals surface area contributed by atoms with E-state index in [-0.39, 0.29) is 12.4 Å². The Bertz CT molecular complexity index is 276. The van der Waals surface area contributed by atoms with Crippen molar-refractivity contribution >= 4 is 11.9 Å². The summed E-state index contributed by atoms with van der Waals surface area (Å²) in [7, 11) is 0. The predicted molar refractivity (Wildman–Crippen MR) is 67.3 cm³/mol. The Morgan fingerprint density at radius 2 is 1.94 bits per heavy atom. The topological polar surface area (TPSA) is 66.8 Å². The van der Waals surface area contributed by atoms with Gasteiger partial charge in [0, 0.05) is 19.0 Å². The van der Waals surface area contributed by atoms with Crippen molar-refractivity contribution in [3.63, 3.8) is 0 Å². The molecule has 1 aliphatic rings. The van der Waals surface area contributed by atoms with E-state index < -0.39 is 5.97 Å². The molecule has 104 valence electrons. The van der Waals surface area contributed by atoms with E-state index in [4.69, 9.17) is 9.84 Å². The Kier molecular flexibility index (Phi) is 6.72. The normalized spacial score (nSPS) is 14.8. The van der Waals surface area contributed by atoms with Gasteiger partial charge in [-0.25, -0.2) is 0 Å². The fraction of sp³-hybridized carbons (Fsp3) is 0.846. The molecule has 0 amide bonds. The summed E-state index contributed by atoms with van der Waals surface area (Å²) in [6.45, 7) is 3.86. The Morgan fingerprint density at radius 3 is 2.50 bits per heavy atom. The molecule has 1 saturated carbocycles. The molecule has 0 atom stereocenters. The van der Waals surface area contributed by atoms with Crippen LogP contribution < -0.4 is 0 Å². The first-order chi connectivity index (χ1) is 8.63. The van der Waals surface area contributed by atoms with Crippen LogP contribution >= 0.6 is 0 Å². The minimum absolute atomic E-state index is 0.145. The molecule has 1 aliphatic carbocycles. The lowest BCUT2D eigenvalue weighted by Gasteiger charge is -2.21. The van der Waals surface area contributed by atoms with Crippen LogP contribution in [0.1, 0.15) is 45.4 Å². The van der Waals surface area contributed by atoms with Gasteiger partial charge in [-0.05, 0) is 39.2 Å². The molecular weight excluding hydrogens is 234 g/mol. The zero-order chi connectivity index (χ0) is 13.4. The highest BCUT2D eigenvalue weighted by atomic mass is 16.5. The van der Waals surface area contributed by atoms with Crippen molar-refractivity contribution in [2.45, 2.75) is 51.5 Å². The van der Waals surface area contributed by atoms with E-state index in [2.05, 4.69) is 4.90 Å². The van der Waals surface area contributed by atoms with E-state index in [0.29, 0.717) is 25.5 Å². The maximum atomic E-state index is 11.3. The van der Waals surface area contributed by atoms with Gasteiger partial charge < -0.3 is 9.84 Å². The van der Waals surface area contributed by atoms with Gasteiger partial charge in [-0.1, -0.05) is 0 Å². The third-order valence-corrected chi connectivity index (χ3v) is 3.06. The van der Waals surface area contributed by atoms with E-state index in [0.717, 1.165) is 19.5 Å². The van der Waals surface area contributed by atoms with Gasteiger partial charge in [0.15, 0.2) is 0 Å². The summed E-state index contributed by atoms with van der Waals surface area (Å²) >= 11 is 0. The summed E-state index contributed by atoms with van der Waals surface area (Å²) in [5.41, 5.74) is 0. The molecule has 0 aromatic rings. The Labute approximate surface area is 108 Å². The fourth-order valence-corrected chi connectivity index (χ4v) is 1.98.